The van der Waals surface area contributed by atoms with Gasteiger partial charge in [-0.1, -0.05) is 22.0 Å². The Hall–Kier alpha value is -1.29. The highest BCUT2D eigenvalue weighted by molar-refractivity contribution is 9.10. The SMILES string of the molecule is Cc1nc2c(n1CCOc1cccc(Br)c1)CCCC2. The van der Waals surface area contributed by atoms with Crippen LogP contribution < -0.4 is 4.74 Å². The normalized spacial score (nSPS) is 14.1. The average Bonchev–Trinajstić information content (AvgIpc) is 2.75. The fourth-order valence-electron chi connectivity index (χ4n) is 2.84. The maximum Gasteiger partial charge on any atom is 0.120 e. The Bertz CT molecular complexity index is 607. The van der Waals surface area contributed by atoms with Crippen molar-refractivity contribution in [3.05, 3.63) is 46.0 Å². The van der Waals surface area contributed by atoms with Crippen molar-refractivity contribution in [1.29, 1.82) is 0 Å². The quantitative estimate of drug-likeness (QED) is 0.847. The van der Waals surface area contributed by atoms with E-state index < -0.39 is 0 Å². The number of halogens is 1. The van der Waals surface area contributed by atoms with E-state index in [1.165, 1.54) is 24.2 Å². The minimum absolute atomic E-state index is 0.681. The molecule has 1 aromatic heterocycles. The second kappa shape index (κ2) is 6.00. The van der Waals surface area contributed by atoms with E-state index in [9.17, 15) is 0 Å². The molecule has 0 spiro atoms. The second-order valence-corrected chi connectivity index (χ2v) is 6.13. The molecular formula is C16H19BrN2O. The molecule has 4 heteroatoms. The molecule has 106 valence electrons. The number of fused-ring (bicyclic) bond motifs is 1. The third-order valence-electron chi connectivity index (χ3n) is 3.80. The fraction of sp³-hybridized carbons (Fsp3) is 0.438. The van der Waals surface area contributed by atoms with Gasteiger partial charge in [0.15, 0.2) is 0 Å². The summed E-state index contributed by atoms with van der Waals surface area (Å²) in [6, 6.07) is 7.98. The van der Waals surface area contributed by atoms with Gasteiger partial charge in [-0.05, 0) is 50.8 Å². The van der Waals surface area contributed by atoms with E-state index in [2.05, 4.69) is 27.4 Å². The van der Waals surface area contributed by atoms with E-state index in [0.717, 1.165) is 35.4 Å². The second-order valence-electron chi connectivity index (χ2n) is 5.22. The monoisotopic (exact) mass is 334 g/mol. The van der Waals surface area contributed by atoms with Crippen molar-refractivity contribution in [2.24, 2.45) is 0 Å². The van der Waals surface area contributed by atoms with E-state index in [4.69, 9.17) is 9.72 Å². The molecule has 0 saturated heterocycles. The van der Waals surface area contributed by atoms with Crippen LogP contribution in [-0.2, 0) is 19.4 Å². The molecule has 0 amide bonds. The molecule has 0 fully saturated rings. The summed E-state index contributed by atoms with van der Waals surface area (Å²) in [6.07, 6.45) is 4.85. The molecular weight excluding hydrogens is 316 g/mol. The van der Waals surface area contributed by atoms with Gasteiger partial charge in [-0.25, -0.2) is 4.98 Å². The number of hydrogen-bond acceptors (Lipinski definition) is 2. The summed E-state index contributed by atoms with van der Waals surface area (Å²) < 4.78 is 9.20. The summed E-state index contributed by atoms with van der Waals surface area (Å²) in [5, 5.41) is 0. The number of aromatic nitrogens is 2. The molecule has 1 aliphatic carbocycles. The zero-order chi connectivity index (χ0) is 13.9. The highest BCUT2D eigenvalue weighted by Crippen LogP contribution is 2.22. The van der Waals surface area contributed by atoms with Gasteiger partial charge in [-0.15, -0.1) is 0 Å². The topological polar surface area (TPSA) is 27.1 Å². The van der Waals surface area contributed by atoms with Crippen molar-refractivity contribution in [2.75, 3.05) is 6.61 Å². The summed E-state index contributed by atoms with van der Waals surface area (Å²) in [5.74, 6) is 2.03. The molecule has 0 radical (unpaired) electrons. The Balaban J connectivity index is 1.65. The fourth-order valence-corrected chi connectivity index (χ4v) is 3.22. The average molecular weight is 335 g/mol. The van der Waals surface area contributed by atoms with Crippen molar-refractivity contribution >= 4 is 15.9 Å². The van der Waals surface area contributed by atoms with Crippen LogP contribution in [0.3, 0.4) is 0 Å². The summed E-state index contributed by atoms with van der Waals surface area (Å²) in [4.78, 5) is 4.69. The first-order valence-electron chi connectivity index (χ1n) is 7.17. The van der Waals surface area contributed by atoms with Crippen molar-refractivity contribution in [3.8, 4) is 5.75 Å². The van der Waals surface area contributed by atoms with E-state index in [0.29, 0.717) is 6.61 Å². The highest BCUT2D eigenvalue weighted by Gasteiger charge is 2.17. The van der Waals surface area contributed by atoms with Crippen LogP contribution in [0.25, 0.3) is 0 Å². The molecule has 3 rings (SSSR count). The molecule has 0 bridgehead atoms. The first-order chi connectivity index (χ1) is 9.74. The number of benzene rings is 1. The maximum atomic E-state index is 5.83. The first-order valence-corrected chi connectivity index (χ1v) is 7.96. The summed E-state index contributed by atoms with van der Waals surface area (Å²) in [5.41, 5.74) is 2.72. The van der Waals surface area contributed by atoms with Crippen LogP contribution in [0, 0.1) is 6.92 Å². The Morgan fingerprint density at radius 2 is 2.15 bits per heavy atom. The van der Waals surface area contributed by atoms with Crippen LogP contribution in [0.4, 0.5) is 0 Å². The molecule has 1 aromatic carbocycles. The third-order valence-corrected chi connectivity index (χ3v) is 4.30. The zero-order valence-electron chi connectivity index (χ0n) is 11.7. The number of nitrogens with zero attached hydrogens (tertiary/aromatic N) is 2. The molecule has 0 atom stereocenters. The van der Waals surface area contributed by atoms with Gasteiger partial charge in [0.1, 0.15) is 18.2 Å². The Labute approximate surface area is 128 Å². The number of imidazole rings is 1. The number of ether oxygens (including phenoxy) is 1. The lowest BCUT2D eigenvalue weighted by Gasteiger charge is -2.15. The van der Waals surface area contributed by atoms with E-state index in [1.54, 1.807) is 0 Å². The summed E-state index contributed by atoms with van der Waals surface area (Å²) >= 11 is 3.46. The molecule has 2 aromatic rings. The van der Waals surface area contributed by atoms with Crippen molar-refractivity contribution in [1.82, 2.24) is 9.55 Å². The molecule has 1 aliphatic rings. The summed E-state index contributed by atoms with van der Waals surface area (Å²) in [7, 11) is 0. The van der Waals surface area contributed by atoms with Crippen LogP contribution in [-0.4, -0.2) is 16.2 Å². The van der Waals surface area contributed by atoms with Crippen LogP contribution in [0.5, 0.6) is 5.75 Å². The van der Waals surface area contributed by atoms with Crippen LogP contribution in [0.15, 0.2) is 28.7 Å². The molecule has 1 heterocycles. The number of rotatable bonds is 4. The standard InChI is InChI=1S/C16H19BrN2O/c1-12-18-15-7-2-3-8-16(15)19(12)9-10-20-14-6-4-5-13(17)11-14/h4-6,11H,2-3,7-10H2,1H3. The predicted molar refractivity (Wildman–Crippen MR) is 83.2 cm³/mol. The summed E-state index contributed by atoms with van der Waals surface area (Å²) in [6.45, 7) is 3.65. The Kier molecular flexibility index (Phi) is 4.10. The van der Waals surface area contributed by atoms with Gasteiger partial charge in [-0.3, -0.25) is 0 Å². The van der Waals surface area contributed by atoms with Crippen molar-refractivity contribution in [2.45, 2.75) is 39.2 Å². The molecule has 3 nitrogen and oxygen atoms in total. The Morgan fingerprint density at radius 3 is 3.00 bits per heavy atom. The molecule has 0 saturated carbocycles. The van der Waals surface area contributed by atoms with Gasteiger partial charge in [0.25, 0.3) is 0 Å². The van der Waals surface area contributed by atoms with Gasteiger partial charge in [0, 0.05) is 10.2 Å². The van der Waals surface area contributed by atoms with E-state index in [-0.39, 0.29) is 0 Å². The molecule has 0 aliphatic heterocycles. The highest BCUT2D eigenvalue weighted by atomic mass is 79.9. The van der Waals surface area contributed by atoms with Crippen molar-refractivity contribution < 1.29 is 4.74 Å². The smallest absolute Gasteiger partial charge is 0.120 e. The van der Waals surface area contributed by atoms with E-state index >= 15 is 0 Å². The van der Waals surface area contributed by atoms with Gasteiger partial charge in [0.05, 0.1) is 12.2 Å². The molecule has 20 heavy (non-hydrogen) atoms. The van der Waals surface area contributed by atoms with Crippen LogP contribution >= 0.6 is 15.9 Å². The third kappa shape index (κ3) is 2.90. The largest absolute Gasteiger partial charge is 0.492 e. The first kappa shape index (κ1) is 13.7. The maximum absolute atomic E-state index is 5.83. The minimum Gasteiger partial charge on any atom is -0.492 e. The van der Waals surface area contributed by atoms with Crippen molar-refractivity contribution in [3.63, 3.8) is 0 Å². The molecule has 0 N–H and O–H groups in total. The minimum atomic E-state index is 0.681. The van der Waals surface area contributed by atoms with Gasteiger partial charge < -0.3 is 9.30 Å². The molecule has 0 unspecified atom stereocenters. The lowest BCUT2D eigenvalue weighted by atomic mass is 10.0. The predicted octanol–water partition coefficient (Wildman–Crippen LogP) is 3.91. The van der Waals surface area contributed by atoms with Crippen LogP contribution in [0.1, 0.15) is 30.1 Å². The van der Waals surface area contributed by atoms with E-state index in [1.807, 2.05) is 24.3 Å². The number of aryl methyl sites for hydroxylation is 2. The van der Waals surface area contributed by atoms with Crippen LogP contribution in [0.2, 0.25) is 0 Å². The lowest BCUT2D eigenvalue weighted by molar-refractivity contribution is 0.294. The zero-order valence-corrected chi connectivity index (χ0v) is 13.3. The number of hydrogen-bond donors (Lipinski definition) is 0. The van der Waals surface area contributed by atoms with Gasteiger partial charge in [-0.2, -0.15) is 0 Å². The Morgan fingerprint density at radius 1 is 1.30 bits per heavy atom. The van der Waals surface area contributed by atoms with Gasteiger partial charge in [0.2, 0.25) is 0 Å². The lowest BCUT2D eigenvalue weighted by Crippen LogP contribution is -2.14. The van der Waals surface area contributed by atoms with Gasteiger partial charge >= 0.3 is 0 Å².